The van der Waals surface area contributed by atoms with Gasteiger partial charge < -0.3 is 11.1 Å². The molecule has 18 heavy (non-hydrogen) atoms. The Morgan fingerprint density at radius 1 is 1.44 bits per heavy atom. The molecule has 1 aromatic rings. The Morgan fingerprint density at radius 3 is 2.72 bits per heavy atom. The van der Waals surface area contributed by atoms with Gasteiger partial charge in [0, 0.05) is 32.6 Å². The highest BCUT2D eigenvalue weighted by Crippen LogP contribution is 2.12. The maximum atomic E-state index is 11.0. The highest BCUT2D eigenvalue weighted by atomic mass is 16.1. The molecule has 0 aliphatic carbocycles. The maximum absolute atomic E-state index is 11.0. The number of rotatable bonds is 3. The van der Waals surface area contributed by atoms with E-state index in [4.69, 9.17) is 5.73 Å². The number of nitrogens with two attached hydrogens (primary N) is 1. The largest absolute Gasteiger partial charge is 0.382 e. The molecule has 2 rings (SSSR count). The third kappa shape index (κ3) is 3.66. The number of nitrogens with zero attached hydrogens (tertiary/aromatic N) is 3. The van der Waals surface area contributed by atoms with Crippen LogP contribution in [0.3, 0.4) is 0 Å². The molecule has 0 bridgehead atoms. The summed E-state index contributed by atoms with van der Waals surface area (Å²) in [6.45, 7) is 4.30. The van der Waals surface area contributed by atoms with Crippen molar-refractivity contribution in [3.8, 4) is 0 Å². The predicted octanol–water partition coefficient (Wildman–Crippen LogP) is 0.159. The second-order valence-corrected chi connectivity index (χ2v) is 4.68. The van der Waals surface area contributed by atoms with Crippen LogP contribution in [0.5, 0.6) is 0 Å². The summed E-state index contributed by atoms with van der Waals surface area (Å²) in [6, 6.07) is 0.316. The summed E-state index contributed by atoms with van der Waals surface area (Å²) < 4.78 is 0. The van der Waals surface area contributed by atoms with Gasteiger partial charge in [-0.15, -0.1) is 0 Å². The van der Waals surface area contributed by atoms with Gasteiger partial charge in [-0.05, 0) is 12.8 Å². The zero-order valence-electron chi connectivity index (χ0n) is 10.6. The standard InChI is InChI=1S/C12H19N5O/c1-9(18)16-10-2-4-17(5-3-10)8-11-6-15-12(13)7-14-11/h6-7,10H,2-5,8H2,1H3,(H2,13,15)(H,16,18). The lowest BCUT2D eigenvalue weighted by Crippen LogP contribution is -2.43. The molecule has 1 amide bonds. The topological polar surface area (TPSA) is 84.1 Å². The first kappa shape index (κ1) is 12.8. The molecule has 1 aromatic heterocycles. The summed E-state index contributed by atoms with van der Waals surface area (Å²) in [7, 11) is 0. The second-order valence-electron chi connectivity index (χ2n) is 4.68. The first-order chi connectivity index (χ1) is 8.63. The molecular weight excluding hydrogens is 230 g/mol. The summed E-state index contributed by atoms with van der Waals surface area (Å²) >= 11 is 0. The van der Waals surface area contributed by atoms with Crippen LogP contribution in [0.15, 0.2) is 12.4 Å². The zero-order valence-corrected chi connectivity index (χ0v) is 10.6. The number of nitrogens with one attached hydrogen (secondary N) is 1. The molecule has 1 saturated heterocycles. The lowest BCUT2D eigenvalue weighted by atomic mass is 10.0. The van der Waals surface area contributed by atoms with Gasteiger partial charge >= 0.3 is 0 Å². The molecule has 6 heteroatoms. The van der Waals surface area contributed by atoms with Crippen molar-refractivity contribution in [1.82, 2.24) is 20.2 Å². The van der Waals surface area contributed by atoms with Crippen molar-refractivity contribution in [3.05, 3.63) is 18.1 Å². The van der Waals surface area contributed by atoms with E-state index in [0.717, 1.165) is 38.2 Å². The smallest absolute Gasteiger partial charge is 0.217 e. The fourth-order valence-electron chi connectivity index (χ4n) is 2.20. The van der Waals surface area contributed by atoms with Gasteiger partial charge in [0.25, 0.3) is 0 Å². The molecule has 2 heterocycles. The molecule has 0 spiro atoms. The van der Waals surface area contributed by atoms with Crippen LogP contribution in [0.4, 0.5) is 5.82 Å². The predicted molar refractivity (Wildman–Crippen MR) is 68.6 cm³/mol. The molecule has 6 nitrogen and oxygen atoms in total. The lowest BCUT2D eigenvalue weighted by Gasteiger charge is -2.31. The van der Waals surface area contributed by atoms with E-state index in [-0.39, 0.29) is 5.91 Å². The van der Waals surface area contributed by atoms with Crippen molar-refractivity contribution in [2.75, 3.05) is 18.8 Å². The molecule has 0 unspecified atom stereocenters. The summed E-state index contributed by atoms with van der Waals surface area (Å²) in [5, 5.41) is 2.96. The number of carbonyl (C=O) groups excluding carboxylic acids is 1. The van der Waals surface area contributed by atoms with Crippen molar-refractivity contribution in [2.24, 2.45) is 0 Å². The van der Waals surface area contributed by atoms with Gasteiger partial charge in [0.05, 0.1) is 18.1 Å². The van der Waals surface area contributed by atoms with E-state index in [0.29, 0.717) is 11.9 Å². The van der Waals surface area contributed by atoms with E-state index < -0.39 is 0 Å². The van der Waals surface area contributed by atoms with Gasteiger partial charge in [-0.3, -0.25) is 14.7 Å². The van der Waals surface area contributed by atoms with Gasteiger partial charge in [0.15, 0.2) is 0 Å². The number of anilines is 1. The Bertz CT molecular complexity index is 397. The number of hydrogen-bond acceptors (Lipinski definition) is 5. The molecule has 3 N–H and O–H groups in total. The van der Waals surface area contributed by atoms with Crippen LogP contribution < -0.4 is 11.1 Å². The highest BCUT2D eigenvalue weighted by molar-refractivity contribution is 5.73. The van der Waals surface area contributed by atoms with Crippen molar-refractivity contribution in [2.45, 2.75) is 32.4 Å². The third-order valence-corrected chi connectivity index (χ3v) is 3.11. The second kappa shape index (κ2) is 5.77. The Labute approximate surface area is 107 Å². The molecule has 1 aliphatic rings. The lowest BCUT2D eigenvalue weighted by molar-refractivity contribution is -0.119. The molecule has 1 aliphatic heterocycles. The maximum Gasteiger partial charge on any atom is 0.217 e. The quantitative estimate of drug-likeness (QED) is 0.797. The number of piperidine rings is 1. The van der Waals surface area contributed by atoms with Crippen LogP contribution in [-0.4, -0.2) is 39.9 Å². The van der Waals surface area contributed by atoms with Gasteiger partial charge in [0.1, 0.15) is 5.82 Å². The van der Waals surface area contributed by atoms with Crippen molar-refractivity contribution in [1.29, 1.82) is 0 Å². The van der Waals surface area contributed by atoms with Crippen molar-refractivity contribution < 1.29 is 4.79 Å². The third-order valence-electron chi connectivity index (χ3n) is 3.11. The van der Waals surface area contributed by atoms with Crippen LogP contribution in [-0.2, 0) is 11.3 Å². The SMILES string of the molecule is CC(=O)NC1CCN(Cc2cnc(N)cn2)CC1. The van der Waals surface area contributed by atoms with Gasteiger partial charge in [-0.25, -0.2) is 4.98 Å². The number of hydrogen-bond donors (Lipinski definition) is 2. The minimum atomic E-state index is 0.0536. The monoisotopic (exact) mass is 249 g/mol. The molecule has 0 atom stereocenters. The summed E-state index contributed by atoms with van der Waals surface area (Å²) in [6.07, 6.45) is 5.28. The normalized spacial score (nSPS) is 17.6. The first-order valence-corrected chi connectivity index (χ1v) is 6.19. The zero-order chi connectivity index (χ0) is 13.0. The van der Waals surface area contributed by atoms with E-state index in [1.807, 2.05) is 0 Å². The van der Waals surface area contributed by atoms with Gasteiger partial charge in [-0.1, -0.05) is 0 Å². The molecule has 0 saturated carbocycles. The van der Waals surface area contributed by atoms with Crippen LogP contribution in [0.2, 0.25) is 0 Å². The van der Waals surface area contributed by atoms with Gasteiger partial charge in [-0.2, -0.15) is 0 Å². The van der Waals surface area contributed by atoms with E-state index in [9.17, 15) is 4.79 Å². The average molecular weight is 249 g/mol. The number of amides is 1. The Balaban J connectivity index is 1.79. The number of aromatic nitrogens is 2. The van der Waals surface area contributed by atoms with Crippen molar-refractivity contribution in [3.63, 3.8) is 0 Å². The molecular formula is C12H19N5O. The van der Waals surface area contributed by atoms with Crippen LogP contribution in [0, 0.1) is 0 Å². The number of carbonyl (C=O) groups is 1. The van der Waals surface area contributed by atoms with Crippen molar-refractivity contribution >= 4 is 11.7 Å². The molecule has 0 radical (unpaired) electrons. The van der Waals surface area contributed by atoms with Gasteiger partial charge in [0.2, 0.25) is 5.91 Å². The van der Waals surface area contributed by atoms with Crippen LogP contribution in [0.1, 0.15) is 25.5 Å². The minimum absolute atomic E-state index is 0.0536. The minimum Gasteiger partial charge on any atom is -0.382 e. The summed E-state index contributed by atoms with van der Waals surface area (Å²) in [4.78, 5) is 21.6. The fraction of sp³-hybridized carbons (Fsp3) is 0.583. The van der Waals surface area contributed by atoms with E-state index >= 15 is 0 Å². The average Bonchev–Trinajstić information content (AvgIpc) is 2.34. The summed E-state index contributed by atoms with van der Waals surface area (Å²) in [5.74, 6) is 0.501. The van der Waals surface area contributed by atoms with E-state index in [1.165, 1.54) is 0 Å². The Morgan fingerprint density at radius 2 is 2.17 bits per heavy atom. The molecule has 1 fully saturated rings. The van der Waals surface area contributed by atoms with E-state index in [2.05, 4.69) is 20.2 Å². The molecule has 98 valence electrons. The Hall–Kier alpha value is -1.69. The van der Waals surface area contributed by atoms with E-state index in [1.54, 1.807) is 19.3 Å². The molecule has 0 aromatic carbocycles. The Kier molecular flexibility index (Phi) is 4.09. The number of likely N-dealkylation sites (tertiary alicyclic amines) is 1. The summed E-state index contributed by atoms with van der Waals surface area (Å²) in [5.41, 5.74) is 6.43. The van der Waals surface area contributed by atoms with Crippen LogP contribution >= 0.6 is 0 Å². The first-order valence-electron chi connectivity index (χ1n) is 6.19. The number of nitrogen functional groups attached to an aromatic ring is 1. The highest BCUT2D eigenvalue weighted by Gasteiger charge is 2.19. The van der Waals surface area contributed by atoms with Crippen LogP contribution in [0.25, 0.3) is 0 Å². The fourth-order valence-corrected chi connectivity index (χ4v) is 2.20.